The Labute approximate surface area is 50.5 Å². The highest BCUT2D eigenvalue weighted by Gasteiger charge is 2.36. The molecule has 1 heterocycles. The Kier molecular flexibility index (Phi) is 0.884. The second kappa shape index (κ2) is 1.47. The highest BCUT2D eigenvalue weighted by atomic mass is 15.0. The van der Waals surface area contributed by atoms with Gasteiger partial charge in [0.1, 0.15) is 0 Å². The van der Waals surface area contributed by atoms with E-state index < -0.39 is 0 Å². The van der Waals surface area contributed by atoms with Crippen LogP contribution in [0.5, 0.6) is 0 Å². The van der Waals surface area contributed by atoms with E-state index in [4.69, 9.17) is 0 Å². The maximum atomic E-state index is 3.49. The van der Waals surface area contributed by atoms with Crippen LogP contribution in [0.2, 0.25) is 0 Å². The molecule has 0 aromatic heterocycles. The van der Waals surface area contributed by atoms with E-state index >= 15 is 0 Å². The number of piperidine rings is 1. The summed E-state index contributed by atoms with van der Waals surface area (Å²) < 4.78 is 0. The third-order valence-corrected chi connectivity index (χ3v) is 2.72. The van der Waals surface area contributed by atoms with E-state index in [0.717, 1.165) is 17.9 Å². The lowest BCUT2D eigenvalue weighted by molar-refractivity contribution is 0.379. The van der Waals surface area contributed by atoms with Gasteiger partial charge in [0.2, 0.25) is 0 Å². The predicted molar refractivity (Wildman–Crippen MR) is 33.7 cm³/mol. The van der Waals surface area contributed by atoms with Crippen molar-refractivity contribution in [3.8, 4) is 0 Å². The normalized spacial score (nSPS) is 52.9. The van der Waals surface area contributed by atoms with Crippen molar-refractivity contribution in [1.29, 1.82) is 0 Å². The molecule has 3 atom stereocenters. The Balaban J connectivity index is 2.11. The van der Waals surface area contributed by atoms with Gasteiger partial charge in [0.25, 0.3) is 0 Å². The molecule has 0 amide bonds. The van der Waals surface area contributed by atoms with Gasteiger partial charge in [-0.05, 0) is 31.2 Å². The van der Waals surface area contributed by atoms with Crippen LogP contribution in [0, 0.1) is 11.8 Å². The molecule has 0 radical (unpaired) electrons. The predicted octanol–water partition coefficient (Wildman–Crippen LogP) is 1.00. The largest absolute Gasteiger partial charge is 0.314 e. The van der Waals surface area contributed by atoms with E-state index in [-0.39, 0.29) is 0 Å². The van der Waals surface area contributed by atoms with Gasteiger partial charge in [-0.2, -0.15) is 0 Å². The Morgan fingerprint density at radius 1 is 1.38 bits per heavy atom. The molecule has 8 heavy (non-hydrogen) atoms. The first-order chi connectivity index (χ1) is 3.86. The summed E-state index contributed by atoms with van der Waals surface area (Å²) in [5, 5.41) is 3.49. The molecule has 1 aliphatic heterocycles. The summed E-state index contributed by atoms with van der Waals surface area (Å²) in [4.78, 5) is 0. The van der Waals surface area contributed by atoms with Crippen molar-refractivity contribution in [1.82, 2.24) is 5.32 Å². The quantitative estimate of drug-likeness (QED) is 0.492. The number of nitrogens with one attached hydrogen (secondary N) is 1. The molecule has 2 aliphatic rings. The van der Waals surface area contributed by atoms with E-state index in [1.807, 2.05) is 0 Å². The second-order valence-electron chi connectivity index (χ2n) is 3.31. The van der Waals surface area contributed by atoms with E-state index in [0.29, 0.717) is 0 Å². The van der Waals surface area contributed by atoms with Gasteiger partial charge in [-0.25, -0.2) is 0 Å². The number of hydrogen-bond donors (Lipinski definition) is 1. The molecule has 1 nitrogen and oxygen atoms in total. The van der Waals surface area contributed by atoms with Crippen LogP contribution in [0.1, 0.15) is 19.8 Å². The Morgan fingerprint density at radius 2 is 2.25 bits per heavy atom. The highest BCUT2D eigenvalue weighted by Crippen LogP contribution is 2.35. The van der Waals surface area contributed by atoms with Crippen LogP contribution in [0.15, 0.2) is 0 Å². The highest BCUT2D eigenvalue weighted by molar-refractivity contribution is 4.92. The molecule has 2 fully saturated rings. The van der Waals surface area contributed by atoms with E-state index in [1.54, 1.807) is 0 Å². The van der Waals surface area contributed by atoms with Crippen molar-refractivity contribution in [2.75, 3.05) is 6.54 Å². The first-order valence-corrected chi connectivity index (χ1v) is 3.59. The van der Waals surface area contributed by atoms with Crippen molar-refractivity contribution >= 4 is 0 Å². The van der Waals surface area contributed by atoms with Crippen LogP contribution < -0.4 is 5.32 Å². The minimum Gasteiger partial charge on any atom is -0.314 e. The van der Waals surface area contributed by atoms with Gasteiger partial charge in [-0.3, -0.25) is 0 Å². The molecule has 2 bridgehead atoms. The molecule has 1 unspecified atom stereocenters. The summed E-state index contributed by atoms with van der Waals surface area (Å²) in [6.45, 7) is 3.68. The smallest absolute Gasteiger partial charge is 0.00730 e. The molecule has 1 N–H and O–H groups in total. The second-order valence-corrected chi connectivity index (χ2v) is 3.31. The zero-order chi connectivity index (χ0) is 5.56. The average Bonchev–Trinajstić information content (AvgIpc) is 2.23. The molecule has 0 spiro atoms. The van der Waals surface area contributed by atoms with Crippen LogP contribution in [0.3, 0.4) is 0 Å². The van der Waals surface area contributed by atoms with Crippen molar-refractivity contribution < 1.29 is 0 Å². The molecule has 0 aromatic carbocycles. The molecule has 1 heteroatoms. The van der Waals surface area contributed by atoms with Gasteiger partial charge in [0, 0.05) is 6.04 Å². The standard InChI is InChI=1S/C7H13N/c1-5-2-7-3-6(5)4-8-7/h5-8H,2-4H2,1H3/t5?,6-,7+/m0/s1. The van der Waals surface area contributed by atoms with Gasteiger partial charge in [0.15, 0.2) is 0 Å². The van der Waals surface area contributed by atoms with Crippen molar-refractivity contribution in [2.45, 2.75) is 25.8 Å². The van der Waals surface area contributed by atoms with Gasteiger partial charge >= 0.3 is 0 Å². The number of hydrogen-bond acceptors (Lipinski definition) is 1. The lowest BCUT2D eigenvalue weighted by Crippen LogP contribution is -2.28. The third kappa shape index (κ3) is 0.510. The molecular weight excluding hydrogens is 98.1 g/mol. The monoisotopic (exact) mass is 111 g/mol. The van der Waals surface area contributed by atoms with Crippen LogP contribution >= 0.6 is 0 Å². The molecule has 1 saturated carbocycles. The molecule has 0 aromatic rings. The fraction of sp³-hybridized carbons (Fsp3) is 1.00. The average molecular weight is 111 g/mol. The van der Waals surface area contributed by atoms with Gasteiger partial charge in [-0.1, -0.05) is 6.92 Å². The van der Waals surface area contributed by atoms with Crippen molar-refractivity contribution in [3.63, 3.8) is 0 Å². The van der Waals surface area contributed by atoms with Gasteiger partial charge < -0.3 is 5.32 Å². The first kappa shape index (κ1) is 4.80. The first-order valence-electron chi connectivity index (χ1n) is 3.59. The van der Waals surface area contributed by atoms with E-state index in [9.17, 15) is 0 Å². The number of rotatable bonds is 0. The maximum Gasteiger partial charge on any atom is 0.00730 e. The topological polar surface area (TPSA) is 12.0 Å². The Morgan fingerprint density at radius 3 is 2.50 bits per heavy atom. The summed E-state index contributed by atoms with van der Waals surface area (Å²) in [7, 11) is 0. The van der Waals surface area contributed by atoms with Crippen LogP contribution in [0.4, 0.5) is 0 Å². The summed E-state index contributed by atoms with van der Waals surface area (Å²) in [6.07, 6.45) is 2.89. The van der Waals surface area contributed by atoms with Crippen molar-refractivity contribution in [3.05, 3.63) is 0 Å². The fourth-order valence-electron chi connectivity index (χ4n) is 2.10. The number of fused-ring (bicyclic) bond motifs is 2. The molecular formula is C7H13N. The van der Waals surface area contributed by atoms with E-state index in [2.05, 4.69) is 12.2 Å². The maximum absolute atomic E-state index is 3.49. The van der Waals surface area contributed by atoms with E-state index in [1.165, 1.54) is 19.4 Å². The third-order valence-electron chi connectivity index (χ3n) is 2.72. The molecule has 1 aliphatic carbocycles. The summed E-state index contributed by atoms with van der Waals surface area (Å²) in [5.41, 5.74) is 0. The Bertz CT molecular complexity index is 98.6. The lowest BCUT2D eigenvalue weighted by atomic mass is 9.98. The summed E-state index contributed by atoms with van der Waals surface area (Å²) in [6, 6.07) is 0.898. The zero-order valence-corrected chi connectivity index (χ0v) is 5.35. The van der Waals surface area contributed by atoms with Crippen molar-refractivity contribution in [2.24, 2.45) is 11.8 Å². The minimum atomic E-state index is 0.898. The van der Waals surface area contributed by atoms with Crippen LogP contribution in [-0.4, -0.2) is 12.6 Å². The summed E-state index contributed by atoms with van der Waals surface area (Å²) >= 11 is 0. The van der Waals surface area contributed by atoms with Gasteiger partial charge in [0.05, 0.1) is 0 Å². The van der Waals surface area contributed by atoms with Crippen LogP contribution in [0.25, 0.3) is 0 Å². The fourth-order valence-corrected chi connectivity index (χ4v) is 2.10. The SMILES string of the molecule is CC1C[C@@H]2C[C@H]1CN2. The van der Waals surface area contributed by atoms with Gasteiger partial charge in [-0.15, -0.1) is 0 Å². The minimum absolute atomic E-state index is 0.898. The molecule has 2 rings (SSSR count). The molecule has 1 saturated heterocycles. The lowest BCUT2D eigenvalue weighted by Gasteiger charge is -2.16. The van der Waals surface area contributed by atoms with Crippen LogP contribution in [-0.2, 0) is 0 Å². The Hall–Kier alpha value is -0.0400. The summed E-state index contributed by atoms with van der Waals surface area (Å²) in [5.74, 6) is 2.04. The zero-order valence-electron chi connectivity index (χ0n) is 5.35. The molecule has 46 valence electrons.